The highest BCUT2D eigenvalue weighted by Gasteiger charge is 2.38. The molecule has 0 saturated carbocycles. The Hall–Kier alpha value is -1.06. The Balaban J connectivity index is 2.81. The zero-order chi connectivity index (χ0) is 14.4. The molecule has 1 N–H and O–H groups in total. The van der Waals surface area contributed by atoms with Crippen molar-refractivity contribution in [1.29, 1.82) is 0 Å². The van der Waals surface area contributed by atoms with E-state index in [1.165, 1.54) is 13.8 Å². The van der Waals surface area contributed by atoms with Crippen LogP contribution in [0.1, 0.15) is 20.3 Å². The summed E-state index contributed by atoms with van der Waals surface area (Å²) in [5, 5.41) is 2.51. The monoisotopic (exact) mass is 385 g/mol. The van der Waals surface area contributed by atoms with Crippen molar-refractivity contribution < 1.29 is 28.6 Å². The van der Waals surface area contributed by atoms with Crippen LogP contribution < -0.4 is 5.32 Å². The zero-order valence-corrected chi connectivity index (χ0v) is 12.8. The standard InChI is InChI=1S/C11H16INO6/c1-6(14)17-9(5-12)10(18-7(2)15)8-3-4-13-11(16)19-8/h8-10H,3-5H2,1-2H3,(H,13,16)/t8-,9+,10+/m1/s1. The van der Waals surface area contributed by atoms with Gasteiger partial charge in [0.1, 0.15) is 6.10 Å². The SMILES string of the molecule is CC(=O)O[C@H]([C@H](CI)OC(C)=O)[C@H]1CCNC(=O)O1. The lowest BCUT2D eigenvalue weighted by atomic mass is 10.0. The first-order valence-corrected chi connectivity index (χ1v) is 7.31. The predicted octanol–water partition coefficient (Wildman–Crippen LogP) is 0.783. The van der Waals surface area contributed by atoms with Gasteiger partial charge in [-0.2, -0.15) is 0 Å². The van der Waals surface area contributed by atoms with Gasteiger partial charge in [-0.25, -0.2) is 4.79 Å². The number of nitrogens with one attached hydrogen (secondary N) is 1. The molecule has 1 heterocycles. The van der Waals surface area contributed by atoms with Crippen molar-refractivity contribution in [3.63, 3.8) is 0 Å². The van der Waals surface area contributed by atoms with Gasteiger partial charge in [0.2, 0.25) is 0 Å². The number of rotatable bonds is 5. The summed E-state index contributed by atoms with van der Waals surface area (Å²) in [6, 6.07) is 0. The zero-order valence-electron chi connectivity index (χ0n) is 10.7. The average molecular weight is 385 g/mol. The smallest absolute Gasteiger partial charge is 0.407 e. The number of carbonyl (C=O) groups excluding carboxylic acids is 3. The molecule has 0 aromatic carbocycles. The number of halogens is 1. The lowest BCUT2D eigenvalue weighted by molar-refractivity contribution is -0.173. The lowest BCUT2D eigenvalue weighted by Crippen LogP contribution is -2.51. The molecule has 19 heavy (non-hydrogen) atoms. The van der Waals surface area contributed by atoms with Gasteiger partial charge in [-0.05, 0) is 0 Å². The molecule has 0 spiro atoms. The van der Waals surface area contributed by atoms with Crippen LogP contribution in [0.4, 0.5) is 4.79 Å². The molecule has 108 valence electrons. The summed E-state index contributed by atoms with van der Waals surface area (Å²) in [7, 11) is 0. The van der Waals surface area contributed by atoms with Crippen LogP contribution >= 0.6 is 22.6 Å². The first-order valence-electron chi connectivity index (χ1n) is 5.79. The van der Waals surface area contributed by atoms with Crippen LogP contribution in [0.25, 0.3) is 0 Å². The van der Waals surface area contributed by atoms with Crippen LogP contribution in [0.3, 0.4) is 0 Å². The summed E-state index contributed by atoms with van der Waals surface area (Å²) < 4.78 is 15.8. The van der Waals surface area contributed by atoms with E-state index in [1.54, 1.807) is 0 Å². The van der Waals surface area contributed by atoms with Crippen LogP contribution in [0.2, 0.25) is 0 Å². The van der Waals surface area contributed by atoms with E-state index < -0.39 is 36.3 Å². The number of alkyl halides is 1. The molecule has 0 aromatic rings. The number of hydrogen-bond acceptors (Lipinski definition) is 6. The summed E-state index contributed by atoms with van der Waals surface area (Å²) in [6.07, 6.45) is -2.12. The highest BCUT2D eigenvalue weighted by atomic mass is 127. The van der Waals surface area contributed by atoms with Crippen LogP contribution in [0.5, 0.6) is 0 Å². The van der Waals surface area contributed by atoms with Crippen LogP contribution in [0.15, 0.2) is 0 Å². The summed E-state index contributed by atoms with van der Waals surface area (Å²) >= 11 is 2.02. The van der Waals surface area contributed by atoms with E-state index in [4.69, 9.17) is 14.2 Å². The fraction of sp³-hybridized carbons (Fsp3) is 0.727. The van der Waals surface area contributed by atoms with Gasteiger partial charge in [-0.1, -0.05) is 22.6 Å². The topological polar surface area (TPSA) is 90.9 Å². The summed E-state index contributed by atoms with van der Waals surface area (Å²) in [5.41, 5.74) is 0. The molecule has 1 fully saturated rings. The number of alkyl carbamates (subject to hydrolysis) is 1. The van der Waals surface area contributed by atoms with E-state index in [0.717, 1.165) is 0 Å². The van der Waals surface area contributed by atoms with Crippen molar-refractivity contribution in [1.82, 2.24) is 5.32 Å². The quantitative estimate of drug-likeness (QED) is 0.326. The molecule has 0 radical (unpaired) electrons. The molecule has 3 atom stereocenters. The van der Waals surface area contributed by atoms with E-state index in [0.29, 0.717) is 17.4 Å². The molecular weight excluding hydrogens is 369 g/mol. The van der Waals surface area contributed by atoms with Gasteiger partial charge < -0.3 is 19.5 Å². The molecule has 1 aliphatic rings. The van der Waals surface area contributed by atoms with Crippen molar-refractivity contribution in [2.75, 3.05) is 11.0 Å². The molecule has 7 nitrogen and oxygen atoms in total. The molecule has 1 saturated heterocycles. The Morgan fingerprint density at radius 3 is 2.53 bits per heavy atom. The van der Waals surface area contributed by atoms with E-state index in [9.17, 15) is 14.4 Å². The normalized spacial score (nSPS) is 21.6. The average Bonchev–Trinajstić information content (AvgIpc) is 2.33. The Bertz CT molecular complexity index is 357. The first kappa shape index (κ1) is 16.0. The van der Waals surface area contributed by atoms with Crippen molar-refractivity contribution in [2.24, 2.45) is 0 Å². The Morgan fingerprint density at radius 1 is 1.42 bits per heavy atom. The summed E-state index contributed by atoms with van der Waals surface area (Å²) in [5.74, 6) is -0.985. The van der Waals surface area contributed by atoms with E-state index in [1.807, 2.05) is 22.6 Å². The van der Waals surface area contributed by atoms with Crippen LogP contribution in [-0.2, 0) is 23.8 Å². The third-order valence-corrected chi connectivity index (χ3v) is 3.33. The number of carbonyl (C=O) groups is 3. The van der Waals surface area contributed by atoms with Gasteiger partial charge in [0, 0.05) is 31.2 Å². The number of cyclic esters (lactones) is 1. The van der Waals surface area contributed by atoms with E-state index >= 15 is 0 Å². The largest absolute Gasteiger partial charge is 0.458 e. The first-order chi connectivity index (χ1) is 8.93. The fourth-order valence-electron chi connectivity index (χ4n) is 1.77. The van der Waals surface area contributed by atoms with Gasteiger partial charge >= 0.3 is 18.0 Å². The van der Waals surface area contributed by atoms with Gasteiger partial charge in [0.15, 0.2) is 12.2 Å². The highest BCUT2D eigenvalue weighted by Crippen LogP contribution is 2.19. The maximum atomic E-state index is 11.2. The fourth-order valence-corrected chi connectivity index (χ4v) is 2.45. The number of ether oxygens (including phenoxy) is 3. The Kier molecular flexibility index (Phi) is 6.32. The lowest BCUT2D eigenvalue weighted by Gasteiger charge is -2.33. The minimum Gasteiger partial charge on any atom is -0.458 e. The Labute approximate surface area is 124 Å². The second kappa shape index (κ2) is 7.51. The van der Waals surface area contributed by atoms with E-state index in [-0.39, 0.29) is 0 Å². The number of amides is 1. The van der Waals surface area contributed by atoms with Crippen molar-refractivity contribution in [3.05, 3.63) is 0 Å². The van der Waals surface area contributed by atoms with Gasteiger partial charge in [0.25, 0.3) is 0 Å². The van der Waals surface area contributed by atoms with Crippen LogP contribution in [0, 0.1) is 0 Å². The van der Waals surface area contributed by atoms with Gasteiger partial charge in [-0.15, -0.1) is 0 Å². The number of hydrogen-bond donors (Lipinski definition) is 1. The molecule has 1 amide bonds. The highest BCUT2D eigenvalue weighted by molar-refractivity contribution is 14.1. The van der Waals surface area contributed by atoms with Gasteiger partial charge in [0.05, 0.1) is 0 Å². The molecule has 0 aromatic heterocycles. The third kappa shape index (κ3) is 5.21. The molecule has 1 rings (SSSR count). The second-order valence-electron chi connectivity index (χ2n) is 4.04. The van der Waals surface area contributed by atoms with E-state index in [2.05, 4.69) is 5.32 Å². The second-order valence-corrected chi connectivity index (χ2v) is 4.92. The summed E-state index contributed by atoms with van der Waals surface area (Å²) in [4.78, 5) is 33.4. The maximum absolute atomic E-state index is 11.2. The molecule has 1 aliphatic heterocycles. The molecule has 0 bridgehead atoms. The predicted molar refractivity (Wildman–Crippen MR) is 72.9 cm³/mol. The molecule has 8 heteroatoms. The van der Waals surface area contributed by atoms with Crippen molar-refractivity contribution >= 4 is 40.6 Å². The maximum Gasteiger partial charge on any atom is 0.407 e. The minimum atomic E-state index is -0.788. The van der Waals surface area contributed by atoms with Gasteiger partial charge in [-0.3, -0.25) is 9.59 Å². The molecular formula is C11H16INO6. The van der Waals surface area contributed by atoms with Crippen molar-refractivity contribution in [2.45, 2.75) is 38.6 Å². The summed E-state index contributed by atoms with van der Waals surface area (Å²) in [6.45, 7) is 2.96. The minimum absolute atomic E-state index is 0.426. The van der Waals surface area contributed by atoms with Crippen LogP contribution in [-0.4, -0.2) is 47.3 Å². The number of esters is 2. The molecule has 0 unspecified atom stereocenters. The third-order valence-electron chi connectivity index (χ3n) is 2.46. The van der Waals surface area contributed by atoms with Crippen molar-refractivity contribution in [3.8, 4) is 0 Å². The Morgan fingerprint density at radius 2 is 2.05 bits per heavy atom. The molecule has 0 aliphatic carbocycles.